The van der Waals surface area contributed by atoms with Gasteiger partial charge in [0.05, 0.1) is 6.04 Å². The molecule has 0 radical (unpaired) electrons. The predicted octanol–water partition coefficient (Wildman–Crippen LogP) is 4.53. The maximum atomic E-state index is 12.3. The second-order valence-electron chi connectivity index (χ2n) is 6.37. The van der Waals surface area contributed by atoms with E-state index in [1.165, 1.54) is 11.1 Å². The second kappa shape index (κ2) is 7.27. The lowest BCUT2D eigenvalue weighted by atomic mass is 9.88. The van der Waals surface area contributed by atoms with E-state index in [4.69, 9.17) is 16.3 Å². The van der Waals surface area contributed by atoms with Crippen molar-refractivity contribution < 1.29 is 9.53 Å². The first-order valence-corrected chi connectivity index (χ1v) is 8.69. The first kappa shape index (κ1) is 16.8. The number of carbonyl (C=O) groups is 1. The molecule has 2 aromatic rings. The zero-order valence-corrected chi connectivity index (χ0v) is 14.8. The van der Waals surface area contributed by atoms with Crippen LogP contribution in [0.25, 0.3) is 0 Å². The Balaban J connectivity index is 1.61. The van der Waals surface area contributed by atoms with E-state index in [2.05, 4.69) is 23.5 Å². The molecule has 1 N–H and O–H groups in total. The number of benzene rings is 2. The van der Waals surface area contributed by atoms with Crippen molar-refractivity contribution in [2.45, 2.75) is 39.2 Å². The Kier molecular flexibility index (Phi) is 5.10. The van der Waals surface area contributed by atoms with Gasteiger partial charge in [0.25, 0.3) is 5.91 Å². The summed E-state index contributed by atoms with van der Waals surface area (Å²) in [4.78, 5) is 12.3. The van der Waals surface area contributed by atoms with Gasteiger partial charge in [0.2, 0.25) is 0 Å². The van der Waals surface area contributed by atoms with Gasteiger partial charge in [-0.25, -0.2) is 0 Å². The van der Waals surface area contributed by atoms with Crippen LogP contribution < -0.4 is 10.1 Å². The van der Waals surface area contributed by atoms with Gasteiger partial charge in [-0.15, -0.1) is 0 Å². The summed E-state index contributed by atoms with van der Waals surface area (Å²) in [6, 6.07) is 12.1. The molecule has 0 spiro atoms. The van der Waals surface area contributed by atoms with E-state index in [-0.39, 0.29) is 18.6 Å². The molecule has 24 heavy (non-hydrogen) atoms. The Morgan fingerprint density at radius 1 is 1.25 bits per heavy atom. The fraction of sp³-hybridized carbons (Fsp3) is 0.350. The molecule has 3 rings (SSSR count). The highest BCUT2D eigenvalue weighted by Crippen LogP contribution is 2.29. The third-order valence-corrected chi connectivity index (χ3v) is 5.08. The number of hydrogen-bond acceptors (Lipinski definition) is 2. The number of carbonyl (C=O) groups excluding carboxylic acids is 1. The molecular weight excluding hydrogens is 322 g/mol. The number of hydrogen-bond donors (Lipinski definition) is 1. The monoisotopic (exact) mass is 343 g/mol. The van der Waals surface area contributed by atoms with E-state index in [0.717, 1.165) is 35.4 Å². The van der Waals surface area contributed by atoms with Crippen molar-refractivity contribution in [2.75, 3.05) is 6.61 Å². The summed E-state index contributed by atoms with van der Waals surface area (Å²) in [6.45, 7) is 3.88. The number of rotatable bonds is 4. The van der Waals surface area contributed by atoms with Gasteiger partial charge < -0.3 is 10.1 Å². The maximum absolute atomic E-state index is 12.3. The van der Waals surface area contributed by atoms with Crippen LogP contribution in [0.2, 0.25) is 5.02 Å². The molecule has 4 heteroatoms. The van der Waals surface area contributed by atoms with Gasteiger partial charge in [-0.1, -0.05) is 35.9 Å². The summed E-state index contributed by atoms with van der Waals surface area (Å²) in [7, 11) is 0. The molecule has 0 bridgehead atoms. The first-order chi connectivity index (χ1) is 11.5. The normalized spacial score (nSPS) is 16.4. The van der Waals surface area contributed by atoms with Gasteiger partial charge in [0.1, 0.15) is 5.75 Å². The predicted molar refractivity (Wildman–Crippen MR) is 96.7 cm³/mol. The third-order valence-electron chi connectivity index (χ3n) is 4.48. The molecule has 0 fully saturated rings. The van der Waals surface area contributed by atoms with Crippen LogP contribution in [0.15, 0.2) is 36.4 Å². The molecule has 0 heterocycles. The Morgan fingerprint density at radius 3 is 2.71 bits per heavy atom. The average Bonchev–Trinajstić information content (AvgIpc) is 2.58. The van der Waals surface area contributed by atoms with Crippen molar-refractivity contribution in [3.05, 3.63) is 63.7 Å². The minimum Gasteiger partial charge on any atom is -0.484 e. The molecule has 0 saturated carbocycles. The largest absolute Gasteiger partial charge is 0.484 e. The van der Waals surface area contributed by atoms with Crippen LogP contribution in [0.4, 0.5) is 0 Å². The Hall–Kier alpha value is -2.00. The smallest absolute Gasteiger partial charge is 0.258 e. The van der Waals surface area contributed by atoms with E-state index in [0.29, 0.717) is 5.75 Å². The fourth-order valence-corrected chi connectivity index (χ4v) is 3.39. The quantitative estimate of drug-likeness (QED) is 0.885. The van der Waals surface area contributed by atoms with Crippen LogP contribution in [-0.2, 0) is 11.2 Å². The number of fused-ring (bicyclic) bond motifs is 1. The van der Waals surface area contributed by atoms with E-state index in [1.54, 1.807) is 0 Å². The number of aryl methyl sites for hydroxylation is 3. The lowest BCUT2D eigenvalue weighted by molar-refractivity contribution is -0.123. The van der Waals surface area contributed by atoms with Crippen molar-refractivity contribution in [2.24, 2.45) is 0 Å². The topological polar surface area (TPSA) is 38.3 Å². The lowest BCUT2D eigenvalue weighted by Gasteiger charge is -2.26. The van der Waals surface area contributed by atoms with Gasteiger partial charge in [0, 0.05) is 5.02 Å². The number of amides is 1. The van der Waals surface area contributed by atoms with Crippen molar-refractivity contribution in [3.63, 3.8) is 0 Å². The SMILES string of the molecule is Cc1cc(OCC(=O)N[C@H]2CCCc3ccccc32)cc(C)c1Cl. The summed E-state index contributed by atoms with van der Waals surface area (Å²) in [5.41, 5.74) is 4.47. The van der Waals surface area contributed by atoms with E-state index < -0.39 is 0 Å². The van der Waals surface area contributed by atoms with E-state index >= 15 is 0 Å². The Morgan fingerprint density at radius 2 is 1.96 bits per heavy atom. The van der Waals surface area contributed by atoms with Crippen molar-refractivity contribution in [1.82, 2.24) is 5.32 Å². The van der Waals surface area contributed by atoms with Gasteiger partial charge >= 0.3 is 0 Å². The number of ether oxygens (including phenoxy) is 1. The van der Waals surface area contributed by atoms with E-state index in [9.17, 15) is 4.79 Å². The number of nitrogens with one attached hydrogen (secondary N) is 1. The summed E-state index contributed by atoms with van der Waals surface area (Å²) < 4.78 is 5.64. The maximum Gasteiger partial charge on any atom is 0.258 e. The van der Waals surface area contributed by atoms with E-state index in [1.807, 2.05) is 32.0 Å². The van der Waals surface area contributed by atoms with Gasteiger partial charge in [0.15, 0.2) is 6.61 Å². The molecule has 1 aliphatic carbocycles. The Bertz CT molecular complexity index is 734. The highest BCUT2D eigenvalue weighted by Gasteiger charge is 2.21. The first-order valence-electron chi connectivity index (χ1n) is 8.31. The molecule has 0 aliphatic heterocycles. The van der Waals surface area contributed by atoms with Gasteiger partial charge in [-0.3, -0.25) is 4.79 Å². The van der Waals surface area contributed by atoms with Crippen molar-refractivity contribution >= 4 is 17.5 Å². The molecule has 2 aromatic carbocycles. The molecule has 3 nitrogen and oxygen atoms in total. The molecule has 0 saturated heterocycles. The zero-order chi connectivity index (χ0) is 17.1. The molecule has 0 aromatic heterocycles. The molecule has 1 atom stereocenters. The highest BCUT2D eigenvalue weighted by atomic mass is 35.5. The van der Waals surface area contributed by atoms with Crippen LogP contribution in [0.1, 0.15) is 41.1 Å². The van der Waals surface area contributed by atoms with Crippen LogP contribution in [-0.4, -0.2) is 12.5 Å². The van der Waals surface area contributed by atoms with Crippen molar-refractivity contribution in [3.8, 4) is 5.75 Å². The van der Waals surface area contributed by atoms with Crippen molar-refractivity contribution in [1.29, 1.82) is 0 Å². The molecular formula is C20H22ClNO2. The molecule has 1 aliphatic rings. The standard InChI is InChI=1S/C20H22ClNO2/c1-13-10-16(11-14(2)20(13)21)24-12-19(23)22-18-9-5-7-15-6-3-4-8-17(15)18/h3-4,6,8,10-11,18H,5,7,9,12H2,1-2H3,(H,22,23)/t18-/m0/s1. The van der Waals surface area contributed by atoms with Gasteiger partial charge in [-0.05, 0) is 67.5 Å². The summed E-state index contributed by atoms with van der Waals surface area (Å²) in [5.74, 6) is 0.579. The third kappa shape index (κ3) is 3.73. The van der Waals surface area contributed by atoms with Gasteiger partial charge in [-0.2, -0.15) is 0 Å². The van der Waals surface area contributed by atoms with Crippen LogP contribution in [0.3, 0.4) is 0 Å². The minimum atomic E-state index is -0.0954. The fourth-order valence-electron chi connectivity index (χ4n) is 3.28. The average molecular weight is 344 g/mol. The molecule has 1 amide bonds. The molecule has 126 valence electrons. The Labute approximate surface area is 148 Å². The van der Waals surface area contributed by atoms with Crippen LogP contribution >= 0.6 is 11.6 Å². The minimum absolute atomic E-state index is 0.0131. The molecule has 0 unspecified atom stereocenters. The highest BCUT2D eigenvalue weighted by molar-refractivity contribution is 6.32. The summed E-state index contributed by atoms with van der Waals surface area (Å²) in [6.07, 6.45) is 3.16. The zero-order valence-electron chi connectivity index (χ0n) is 14.1. The summed E-state index contributed by atoms with van der Waals surface area (Å²) in [5, 5.41) is 3.84. The summed E-state index contributed by atoms with van der Waals surface area (Å²) >= 11 is 6.15. The number of halogens is 1. The van der Waals surface area contributed by atoms with Crippen LogP contribution in [0.5, 0.6) is 5.75 Å². The van der Waals surface area contributed by atoms with Crippen LogP contribution in [0, 0.1) is 13.8 Å². The second-order valence-corrected chi connectivity index (χ2v) is 6.75. The lowest BCUT2D eigenvalue weighted by Crippen LogP contribution is -2.34.